The third kappa shape index (κ3) is 6.71. The van der Waals surface area contributed by atoms with Crippen LogP contribution >= 0.6 is 11.8 Å². The molecule has 0 radical (unpaired) electrons. The molecule has 0 unspecified atom stereocenters. The van der Waals surface area contributed by atoms with E-state index in [0.717, 1.165) is 64.8 Å². The number of likely N-dealkylation sites (tertiary alicyclic amines) is 2. The SMILES string of the molecule is CSCCN1CCC(NC(=O)CCCN2CCCCC2=O)CC1. The summed E-state index contributed by atoms with van der Waals surface area (Å²) in [6, 6.07) is 0.338. The summed E-state index contributed by atoms with van der Waals surface area (Å²) < 4.78 is 0. The molecular weight excluding hydrogens is 310 g/mol. The highest BCUT2D eigenvalue weighted by atomic mass is 32.2. The molecule has 6 heteroatoms. The summed E-state index contributed by atoms with van der Waals surface area (Å²) in [4.78, 5) is 28.2. The van der Waals surface area contributed by atoms with Crippen LogP contribution in [0.2, 0.25) is 0 Å². The number of piperidine rings is 2. The molecule has 0 aromatic heterocycles. The zero-order chi connectivity index (χ0) is 16.5. The number of carbonyl (C=O) groups excluding carboxylic acids is 2. The van der Waals surface area contributed by atoms with Crippen molar-refractivity contribution < 1.29 is 9.59 Å². The fourth-order valence-electron chi connectivity index (χ4n) is 3.35. The minimum absolute atomic E-state index is 0.150. The van der Waals surface area contributed by atoms with E-state index in [1.54, 1.807) is 0 Å². The number of carbonyl (C=O) groups is 2. The summed E-state index contributed by atoms with van der Waals surface area (Å²) >= 11 is 1.89. The highest BCUT2D eigenvalue weighted by Crippen LogP contribution is 2.13. The number of nitrogens with one attached hydrogen (secondary N) is 1. The van der Waals surface area contributed by atoms with Crippen molar-refractivity contribution in [3.05, 3.63) is 0 Å². The molecule has 5 nitrogen and oxygen atoms in total. The first-order valence-electron chi connectivity index (χ1n) is 8.97. The number of rotatable bonds is 8. The first-order valence-corrected chi connectivity index (χ1v) is 10.4. The van der Waals surface area contributed by atoms with Gasteiger partial charge in [-0.3, -0.25) is 9.59 Å². The molecule has 2 heterocycles. The molecule has 0 bridgehead atoms. The number of amides is 2. The predicted molar refractivity (Wildman–Crippen MR) is 95.7 cm³/mol. The first kappa shape index (κ1) is 18.6. The molecule has 0 aromatic carbocycles. The van der Waals surface area contributed by atoms with Crippen LogP contribution in [0.5, 0.6) is 0 Å². The van der Waals surface area contributed by atoms with Crippen molar-refractivity contribution in [2.45, 2.75) is 51.0 Å². The minimum Gasteiger partial charge on any atom is -0.353 e. The number of nitrogens with zero attached hydrogens (tertiary/aromatic N) is 2. The van der Waals surface area contributed by atoms with Gasteiger partial charge in [-0.25, -0.2) is 0 Å². The molecule has 2 amide bonds. The average molecular weight is 342 g/mol. The second-order valence-electron chi connectivity index (χ2n) is 6.62. The highest BCUT2D eigenvalue weighted by Gasteiger charge is 2.21. The smallest absolute Gasteiger partial charge is 0.222 e. The molecule has 0 atom stereocenters. The van der Waals surface area contributed by atoms with Gasteiger partial charge in [-0.2, -0.15) is 11.8 Å². The molecule has 0 aliphatic carbocycles. The Balaban J connectivity index is 1.56. The number of hydrogen-bond donors (Lipinski definition) is 1. The maximum absolute atomic E-state index is 12.1. The zero-order valence-electron chi connectivity index (χ0n) is 14.4. The van der Waals surface area contributed by atoms with E-state index in [2.05, 4.69) is 16.5 Å². The molecule has 2 saturated heterocycles. The monoisotopic (exact) mass is 341 g/mol. The highest BCUT2D eigenvalue weighted by molar-refractivity contribution is 7.98. The van der Waals surface area contributed by atoms with Gasteiger partial charge in [-0.05, 0) is 38.4 Å². The van der Waals surface area contributed by atoms with Gasteiger partial charge in [0.15, 0.2) is 0 Å². The van der Waals surface area contributed by atoms with E-state index in [1.165, 1.54) is 5.75 Å². The standard InChI is InChI=1S/C17H31N3O2S/c1-23-14-13-19-11-7-15(8-12-19)18-16(21)5-4-10-20-9-3-2-6-17(20)22/h15H,2-14H2,1H3,(H,18,21). The Hall–Kier alpha value is -0.750. The molecule has 0 aromatic rings. The summed E-state index contributed by atoms with van der Waals surface area (Å²) in [5.74, 6) is 1.60. The largest absolute Gasteiger partial charge is 0.353 e. The quantitative estimate of drug-likeness (QED) is 0.730. The summed E-state index contributed by atoms with van der Waals surface area (Å²) in [5.41, 5.74) is 0. The van der Waals surface area contributed by atoms with Gasteiger partial charge in [-0.1, -0.05) is 0 Å². The molecule has 1 N–H and O–H groups in total. The molecule has 2 aliphatic heterocycles. The van der Waals surface area contributed by atoms with E-state index >= 15 is 0 Å². The number of thioether (sulfide) groups is 1. The second kappa shape index (κ2) is 10.2. The lowest BCUT2D eigenvalue weighted by molar-refractivity contribution is -0.133. The van der Waals surface area contributed by atoms with E-state index in [9.17, 15) is 9.59 Å². The summed E-state index contributed by atoms with van der Waals surface area (Å²) in [6.45, 7) is 4.95. The average Bonchev–Trinajstić information content (AvgIpc) is 2.56. The van der Waals surface area contributed by atoms with Crippen LogP contribution in [0, 0.1) is 0 Å². The van der Waals surface area contributed by atoms with Crippen molar-refractivity contribution in [2.75, 3.05) is 44.7 Å². The second-order valence-corrected chi connectivity index (χ2v) is 7.60. The molecule has 0 saturated carbocycles. The van der Waals surface area contributed by atoms with Crippen LogP contribution in [0.3, 0.4) is 0 Å². The lowest BCUT2D eigenvalue weighted by Gasteiger charge is -2.32. The summed E-state index contributed by atoms with van der Waals surface area (Å²) in [5, 5.41) is 3.17. The van der Waals surface area contributed by atoms with Crippen molar-refractivity contribution in [1.82, 2.24) is 15.1 Å². The molecule has 132 valence electrons. The maximum atomic E-state index is 12.1. The topological polar surface area (TPSA) is 52.7 Å². The van der Waals surface area contributed by atoms with Crippen LogP contribution in [0.4, 0.5) is 0 Å². The van der Waals surface area contributed by atoms with Crippen LogP contribution < -0.4 is 5.32 Å². The van der Waals surface area contributed by atoms with Gasteiger partial charge >= 0.3 is 0 Å². The molecule has 2 aliphatic rings. The van der Waals surface area contributed by atoms with Gasteiger partial charge in [0.25, 0.3) is 0 Å². The maximum Gasteiger partial charge on any atom is 0.222 e. The fraction of sp³-hybridized carbons (Fsp3) is 0.882. The summed E-state index contributed by atoms with van der Waals surface area (Å²) in [7, 11) is 0. The van der Waals surface area contributed by atoms with Gasteiger partial charge in [-0.15, -0.1) is 0 Å². The van der Waals surface area contributed by atoms with Crippen molar-refractivity contribution in [3.63, 3.8) is 0 Å². The Morgan fingerprint density at radius 3 is 2.70 bits per heavy atom. The van der Waals surface area contributed by atoms with E-state index in [1.807, 2.05) is 16.7 Å². The van der Waals surface area contributed by atoms with Gasteiger partial charge in [0, 0.05) is 57.4 Å². The molecule has 2 rings (SSSR count). The van der Waals surface area contributed by atoms with Crippen LogP contribution in [-0.2, 0) is 9.59 Å². The Morgan fingerprint density at radius 1 is 1.22 bits per heavy atom. The van der Waals surface area contributed by atoms with Crippen LogP contribution in [0.25, 0.3) is 0 Å². The predicted octanol–water partition coefficient (Wildman–Crippen LogP) is 1.72. The fourth-order valence-corrected chi connectivity index (χ4v) is 3.79. The molecule has 0 spiro atoms. The van der Waals surface area contributed by atoms with E-state index in [0.29, 0.717) is 18.9 Å². The lowest BCUT2D eigenvalue weighted by Crippen LogP contribution is -2.45. The Morgan fingerprint density at radius 2 is 2.00 bits per heavy atom. The zero-order valence-corrected chi connectivity index (χ0v) is 15.2. The Kier molecular flexibility index (Phi) is 8.23. The van der Waals surface area contributed by atoms with Crippen LogP contribution in [-0.4, -0.2) is 72.4 Å². The van der Waals surface area contributed by atoms with Crippen molar-refractivity contribution >= 4 is 23.6 Å². The van der Waals surface area contributed by atoms with E-state index < -0.39 is 0 Å². The van der Waals surface area contributed by atoms with Gasteiger partial charge < -0.3 is 15.1 Å². The molecule has 2 fully saturated rings. The third-order valence-corrected chi connectivity index (χ3v) is 5.41. The van der Waals surface area contributed by atoms with Gasteiger partial charge in [0.05, 0.1) is 0 Å². The van der Waals surface area contributed by atoms with Crippen molar-refractivity contribution in [1.29, 1.82) is 0 Å². The Bertz CT molecular complexity index is 384. The van der Waals surface area contributed by atoms with Crippen LogP contribution in [0.1, 0.15) is 44.9 Å². The van der Waals surface area contributed by atoms with E-state index in [-0.39, 0.29) is 11.8 Å². The first-order chi connectivity index (χ1) is 11.2. The van der Waals surface area contributed by atoms with Crippen molar-refractivity contribution in [3.8, 4) is 0 Å². The van der Waals surface area contributed by atoms with Crippen molar-refractivity contribution in [2.24, 2.45) is 0 Å². The van der Waals surface area contributed by atoms with E-state index in [4.69, 9.17) is 0 Å². The normalized spacial score (nSPS) is 20.7. The van der Waals surface area contributed by atoms with Gasteiger partial charge in [0.2, 0.25) is 11.8 Å². The molecular formula is C17H31N3O2S. The minimum atomic E-state index is 0.150. The van der Waals surface area contributed by atoms with Crippen LogP contribution in [0.15, 0.2) is 0 Å². The summed E-state index contributed by atoms with van der Waals surface area (Å²) in [6.07, 6.45) is 8.39. The Labute approximate surface area is 144 Å². The van der Waals surface area contributed by atoms with Gasteiger partial charge in [0.1, 0.15) is 0 Å². The lowest BCUT2D eigenvalue weighted by atomic mass is 10.0. The molecule has 23 heavy (non-hydrogen) atoms. The number of hydrogen-bond acceptors (Lipinski definition) is 4. The third-order valence-electron chi connectivity index (χ3n) is 4.82.